The largest absolute Gasteiger partial charge is 0.496 e. The standard InChI is InChI=1S/C15H21NO3/c1-9-4-10(2)14(19-3)12(5-9)8-16-7-11-6-13(11)15(17)18/h4-5,11,13,16H,6-8H2,1-3H3,(H,17,18). The van der Waals surface area contributed by atoms with Gasteiger partial charge in [0.1, 0.15) is 5.75 Å². The maximum absolute atomic E-state index is 10.7. The minimum absolute atomic E-state index is 0.145. The number of nitrogens with one attached hydrogen (secondary N) is 1. The Morgan fingerprint density at radius 3 is 2.79 bits per heavy atom. The van der Waals surface area contributed by atoms with Gasteiger partial charge in [0.15, 0.2) is 0 Å². The molecule has 0 heterocycles. The first kappa shape index (κ1) is 13.9. The number of rotatable bonds is 6. The van der Waals surface area contributed by atoms with Gasteiger partial charge in [-0.2, -0.15) is 0 Å². The molecule has 0 bridgehead atoms. The molecule has 2 unspecified atom stereocenters. The SMILES string of the molecule is COc1c(C)cc(C)cc1CNCC1CC1C(=O)O. The number of methoxy groups -OCH3 is 1. The van der Waals surface area contributed by atoms with Crippen LogP contribution in [0, 0.1) is 25.7 Å². The van der Waals surface area contributed by atoms with Crippen LogP contribution in [0.3, 0.4) is 0 Å². The van der Waals surface area contributed by atoms with Crippen molar-refractivity contribution in [2.24, 2.45) is 11.8 Å². The number of ether oxygens (including phenoxy) is 1. The molecule has 0 radical (unpaired) electrons. The van der Waals surface area contributed by atoms with Crippen LogP contribution < -0.4 is 10.1 Å². The molecule has 0 amide bonds. The third kappa shape index (κ3) is 3.26. The third-order valence-electron chi connectivity index (χ3n) is 3.66. The van der Waals surface area contributed by atoms with Gasteiger partial charge < -0.3 is 15.2 Å². The molecular weight excluding hydrogens is 242 g/mol. The number of hydrogen-bond acceptors (Lipinski definition) is 3. The van der Waals surface area contributed by atoms with Crippen molar-refractivity contribution in [2.45, 2.75) is 26.8 Å². The van der Waals surface area contributed by atoms with Crippen LogP contribution in [0.5, 0.6) is 5.75 Å². The van der Waals surface area contributed by atoms with Gasteiger partial charge in [0.2, 0.25) is 0 Å². The average molecular weight is 263 g/mol. The van der Waals surface area contributed by atoms with Crippen LogP contribution in [-0.2, 0) is 11.3 Å². The lowest BCUT2D eigenvalue weighted by Gasteiger charge is -2.13. The Balaban J connectivity index is 1.91. The summed E-state index contributed by atoms with van der Waals surface area (Å²) < 4.78 is 5.43. The highest BCUT2D eigenvalue weighted by molar-refractivity contribution is 5.73. The normalized spacial score (nSPS) is 21.2. The van der Waals surface area contributed by atoms with Crippen LogP contribution >= 0.6 is 0 Å². The lowest BCUT2D eigenvalue weighted by atomic mass is 10.1. The molecule has 0 saturated heterocycles. The van der Waals surface area contributed by atoms with Crippen molar-refractivity contribution in [2.75, 3.05) is 13.7 Å². The van der Waals surface area contributed by atoms with Gasteiger partial charge in [-0.15, -0.1) is 0 Å². The molecule has 2 rings (SSSR count). The Hall–Kier alpha value is -1.55. The van der Waals surface area contributed by atoms with Crippen LogP contribution in [0.4, 0.5) is 0 Å². The Labute approximate surface area is 113 Å². The lowest BCUT2D eigenvalue weighted by molar-refractivity contribution is -0.138. The molecule has 1 aromatic carbocycles. The molecule has 0 aliphatic heterocycles. The number of carbonyl (C=O) groups is 1. The van der Waals surface area contributed by atoms with Gasteiger partial charge in [0, 0.05) is 12.1 Å². The zero-order valence-electron chi connectivity index (χ0n) is 11.7. The van der Waals surface area contributed by atoms with Crippen molar-refractivity contribution >= 4 is 5.97 Å². The van der Waals surface area contributed by atoms with E-state index in [1.807, 2.05) is 6.92 Å². The molecule has 1 aliphatic rings. The topological polar surface area (TPSA) is 58.6 Å². The van der Waals surface area contributed by atoms with E-state index in [1.165, 1.54) is 5.56 Å². The van der Waals surface area contributed by atoms with Gasteiger partial charge in [0.05, 0.1) is 13.0 Å². The van der Waals surface area contributed by atoms with Crippen LogP contribution in [0.25, 0.3) is 0 Å². The van der Waals surface area contributed by atoms with Crippen molar-refractivity contribution in [3.8, 4) is 5.75 Å². The molecule has 2 N–H and O–H groups in total. The number of aliphatic carboxylic acids is 1. The summed E-state index contributed by atoms with van der Waals surface area (Å²) in [7, 11) is 1.68. The summed E-state index contributed by atoms with van der Waals surface area (Å²) >= 11 is 0. The first-order valence-corrected chi connectivity index (χ1v) is 6.60. The fourth-order valence-corrected chi connectivity index (χ4v) is 2.63. The first-order chi connectivity index (χ1) is 9.02. The second kappa shape index (κ2) is 5.61. The summed E-state index contributed by atoms with van der Waals surface area (Å²) in [5.41, 5.74) is 3.48. The van der Waals surface area contributed by atoms with Gasteiger partial charge in [-0.25, -0.2) is 0 Å². The molecule has 4 heteroatoms. The summed E-state index contributed by atoms with van der Waals surface area (Å²) in [6.07, 6.45) is 0.798. The van der Waals surface area contributed by atoms with E-state index in [2.05, 4.69) is 24.4 Å². The van der Waals surface area contributed by atoms with Gasteiger partial charge in [-0.1, -0.05) is 17.7 Å². The molecule has 19 heavy (non-hydrogen) atoms. The number of carboxylic acids is 1. The van der Waals surface area contributed by atoms with Crippen molar-refractivity contribution in [1.29, 1.82) is 0 Å². The number of carboxylic acid groups (broad SMARTS) is 1. The number of hydrogen-bond donors (Lipinski definition) is 2. The van der Waals surface area contributed by atoms with Crippen LogP contribution in [0.2, 0.25) is 0 Å². The van der Waals surface area contributed by atoms with E-state index in [0.717, 1.165) is 29.8 Å². The van der Waals surface area contributed by atoms with Crippen molar-refractivity contribution in [3.05, 3.63) is 28.8 Å². The molecule has 4 nitrogen and oxygen atoms in total. The maximum Gasteiger partial charge on any atom is 0.306 e. The highest BCUT2D eigenvalue weighted by Crippen LogP contribution is 2.38. The Morgan fingerprint density at radius 2 is 2.21 bits per heavy atom. The van der Waals surface area contributed by atoms with Crippen molar-refractivity contribution < 1.29 is 14.6 Å². The summed E-state index contributed by atoms with van der Waals surface area (Å²) in [6, 6.07) is 4.21. The molecule has 1 aliphatic carbocycles. The van der Waals surface area contributed by atoms with Crippen LogP contribution in [0.15, 0.2) is 12.1 Å². The van der Waals surface area contributed by atoms with Crippen molar-refractivity contribution in [1.82, 2.24) is 5.32 Å². The smallest absolute Gasteiger partial charge is 0.306 e. The average Bonchev–Trinajstić information content (AvgIpc) is 3.08. The van der Waals surface area contributed by atoms with Gasteiger partial charge in [-0.05, 0) is 38.3 Å². The molecule has 0 spiro atoms. The second-order valence-electron chi connectivity index (χ2n) is 5.35. The fraction of sp³-hybridized carbons (Fsp3) is 0.533. The summed E-state index contributed by atoms with van der Waals surface area (Å²) in [4.78, 5) is 10.7. The van der Waals surface area contributed by atoms with E-state index in [-0.39, 0.29) is 11.8 Å². The molecule has 1 aromatic rings. The molecule has 104 valence electrons. The van der Waals surface area contributed by atoms with Crippen LogP contribution in [0.1, 0.15) is 23.1 Å². The van der Waals surface area contributed by atoms with Gasteiger partial charge in [0.25, 0.3) is 0 Å². The Kier molecular flexibility index (Phi) is 4.10. The first-order valence-electron chi connectivity index (χ1n) is 6.60. The van der Waals surface area contributed by atoms with E-state index in [4.69, 9.17) is 9.84 Å². The molecule has 0 aromatic heterocycles. The highest BCUT2D eigenvalue weighted by atomic mass is 16.5. The Morgan fingerprint density at radius 1 is 1.47 bits per heavy atom. The molecule has 1 saturated carbocycles. The predicted octanol–water partition coefficient (Wildman–Crippen LogP) is 2.12. The summed E-state index contributed by atoms with van der Waals surface area (Å²) in [6.45, 7) is 5.58. The zero-order chi connectivity index (χ0) is 14.0. The van der Waals surface area contributed by atoms with E-state index in [1.54, 1.807) is 7.11 Å². The van der Waals surface area contributed by atoms with Gasteiger partial charge >= 0.3 is 5.97 Å². The minimum atomic E-state index is -0.671. The molecule has 2 atom stereocenters. The van der Waals surface area contributed by atoms with E-state index < -0.39 is 5.97 Å². The number of benzene rings is 1. The monoisotopic (exact) mass is 263 g/mol. The summed E-state index contributed by atoms with van der Waals surface area (Å²) in [5.74, 6) is 0.391. The molecular formula is C15H21NO3. The van der Waals surface area contributed by atoms with Crippen LogP contribution in [-0.4, -0.2) is 24.7 Å². The minimum Gasteiger partial charge on any atom is -0.496 e. The highest BCUT2D eigenvalue weighted by Gasteiger charge is 2.42. The van der Waals surface area contributed by atoms with Crippen molar-refractivity contribution in [3.63, 3.8) is 0 Å². The Bertz CT molecular complexity index is 485. The van der Waals surface area contributed by atoms with E-state index >= 15 is 0 Å². The van der Waals surface area contributed by atoms with E-state index in [9.17, 15) is 4.79 Å². The maximum atomic E-state index is 10.7. The van der Waals surface area contributed by atoms with E-state index in [0.29, 0.717) is 6.54 Å². The summed E-state index contributed by atoms with van der Waals surface area (Å²) in [5, 5.41) is 12.2. The second-order valence-corrected chi connectivity index (χ2v) is 5.35. The van der Waals surface area contributed by atoms with Gasteiger partial charge in [-0.3, -0.25) is 4.79 Å². The number of aryl methyl sites for hydroxylation is 2. The fourth-order valence-electron chi connectivity index (χ4n) is 2.63. The lowest BCUT2D eigenvalue weighted by Crippen LogP contribution is -2.18. The molecule has 1 fully saturated rings. The quantitative estimate of drug-likeness (QED) is 0.825. The zero-order valence-corrected chi connectivity index (χ0v) is 11.7. The third-order valence-corrected chi connectivity index (χ3v) is 3.66. The predicted molar refractivity (Wildman–Crippen MR) is 73.4 cm³/mol.